The number of methoxy groups -OCH3 is 1. The molecule has 0 bridgehead atoms. The first-order chi connectivity index (χ1) is 7.63. The van der Waals surface area contributed by atoms with E-state index in [4.69, 9.17) is 9.84 Å². The van der Waals surface area contributed by atoms with Crippen LogP contribution in [0.4, 0.5) is 0 Å². The summed E-state index contributed by atoms with van der Waals surface area (Å²) in [6, 6.07) is 7.22. The average molecular weight is 223 g/mol. The average Bonchev–Trinajstić information content (AvgIpc) is 2.26. The molecule has 4 nitrogen and oxygen atoms in total. The predicted octanol–water partition coefficient (Wildman–Crippen LogP) is 0.944. The van der Waals surface area contributed by atoms with E-state index < -0.39 is 6.10 Å². The quantitative estimate of drug-likeness (QED) is 0.781. The Morgan fingerprint density at radius 3 is 2.94 bits per heavy atom. The fourth-order valence-electron chi connectivity index (χ4n) is 1.31. The summed E-state index contributed by atoms with van der Waals surface area (Å²) in [6.45, 7) is 2.37. The Morgan fingerprint density at radius 1 is 1.56 bits per heavy atom. The minimum absolute atomic E-state index is 0.182. The number of hydrogen-bond donors (Lipinski definition) is 2. The first-order valence-electron chi connectivity index (χ1n) is 5.17. The highest BCUT2D eigenvalue weighted by Gasteiger charge is 2.06. The van der Waals surface area contributed by atoms with Crippen LogP contribution in [0.2, 0.25) is 0 Å². The first-order valence-corrected chi connectivity index (χ1v) is 5.17. The van der Waals surface area contributed by atoms with E-state index in [0.717, 1.165) is 5.56 Å². The van der Waals surface area contributed by atoms with Gasteiger partial charge < -0.3 is 15.2 Å². The lowest BCUT2D eigenvalue weighted by molar-refractivity contribution is 0.0923. The summed E-state index contributed by atoms with van der Waals surface area (Å²) >= 11 is 0. The lowest BCUT2D eigenvalue weighted by Crippen LogP contribution is -2.30. The fourth-order valence-corrected chi connectivity index (χ4v) is 1.31. The number of amides is 1. The van der Waals surface area contributed by atoms with E-state index in [1.807, 2.05) is 12.1 Å². The van der Waals surface area contributed by atoms with Crippen molar-refractivity contribution in [3.63, 3.8) is 0 Å². The second kappa shape index (κ2) is 6.25. The minimum atomic E-state index is -0.536. The van der Waals surface area contributed by atoms with E-state index in [1.165, 1.54) is 0 Å². The van der Waals surface area contributed by atoms with E-state index in [1.54, 1.807) is 26.2 Å². The van der Waals surface area contributed by atoms with E-state index in [2.05, 4.69) is 5.32 Å². The zero-order chi connectivity index (χ0) is 12.0. The molecule has 0 spiro atoms. The molecule has 1 amide bonds. The summed E-state index contributed by atoms with van der Waals surface area (Å²) in [4.78, 5) is 11.6. The van der Waals surface area contributed by atoms with Crippen molar-refractivity contribution in [1.82, 2.24) is 5.32 Å². The third-order valence-corrected chi connectivity index (χ3v) is 2.06. The zero-order valence-electron chi connectivity index (χ0n) is 9.56. The number of aliphatic hydroxyl groups is 1. The largest absolute Gasteiger partial charge is 0.392 e. The van der Waals surface area contributed by atoms with Crippen molar-refractivity contribution >= 4 is 5.91 Å². The van der Waals surface area contributed by atoms with Gasteiger partial charge in [-0.2, -0.15) is 0 Å². The lowest BCUT2D eigenvalue weighted by Gasteiger charge is -2.08. The molecule has 4 heteroatoms. The number of rotatable bonds is 5. The first kappa shape index (κ1) is 12.7. The molecule has 0 saturated heterocycles. The lowest BCUT2D eigenvalue weighted by atomic mass is 10.1. The normalized spacial score (nSPS) is 12.2. The smallest absolute Gasteiger partial charge is 0.251 e. The summed E-state index contributed by atoms with van der Waals surface area (Å²) in [7, 11) is 1.61. The maximum Gasteiger partial charge on any atom is 0.251 e. The minimum Gasteiger partial charge on any atom is -0.392 e. The van der Waals surface area contributed by atoms with Gasteiger partial charge in [-0.15, -0.1) is 0 Å². The summed E-state index contributed by atoms with van der Waals surface area (Å²) in [5, 5.41) is 11.7. The van der Waals surface area contributed by atoms with Crippen LogP contribution in [-0.4, -0.2) is 30.8 Å². The van der Waals surface area contributed by atoms with Gasteiger partial charge in [0, 0.05) is 19.2 Å². The van der Waals surface area contributed by atoms with E-state index in [0.29, 0.717) is 12.2 Å². The van der Waals surface area contributed by atoms with Gasteiger partial charge in [-0.25, -0.2) is 0 Å². The maximum absolute atomic E-state index is 11.6. The third kappa shape index (κ3) is 4.00. The Balaban J connectivity index is 2.64. The molecule has 0 aliphatic rings. The molecule has 1 atom stereocenters. The van der Waals surface area contributed by atoms with Crippen LogP contribution in [0.25, 0.3) is 0 Å². The van der Waals surface area contributed by atoms with Gasteiger partial charge in [-0.3, -0.25) is 4.79 Å². The van der Waals surface area contributed by atoms with Gasteiger partial charge in [-0.05, 0) is 24.6 Å². The fraction of sp³-hybridized carbons (Fsp3) is 0.417. The highest BCUT2D eigenvalue weighted by Crippen LogP contribution is 2.06. The number of hydrogen-bond acceptors (Lipinski definition) is 3. The highest BCUT2D eigenvalue weighted by atomic mass is 16.5. The molecular formula is C12H17NO3. The predicted molar refractivity (Wildman–Crippen MR) is 61.2 cm³/mol. The molecule has 1 aromatic carbocycles. The Kier molecular flexibility index (Phi) is 4.95. The summed E-state index contributed by atoms with van der Waals surface area (Å²) in [5.74, 6) is -0.182. The second-order valence-corrected chi connectivity index (χ2v) is 3.69. The molecule has 0 heterocycles. The Labute approximate surface area is 95.2 Å². The molecule has 0 fully saturated rings. The molecule has 1 aromatic rings. The molecule has 1 rings (SSSR count). The summed E-state index contributed by atoms with van der Waals surface area (Å²) < 4.78 is 4.99. The molecule has 88 valence electrons. The van der Waals surface area contributed by atoms with Crippen molar-refractivity contribution in [2.24, 2.45) is 0 Å². The van der Waals surface area contributed by atoms with Gasteiger partial charge in [0.25, 0.3) is 5.91 Å². The van der Waals surface area contributed by atoms with Crippen LogP contribution in [-0.2, 0) is 11.3 Å². The van der Waals surface area contributed by atoms with Gasteiger partial charge >= 0.3 is 0 Å². The van der Waals surface area contributed by atoms with Crippen molar-refractivity contribution in [2.75, 3.05) is 13.7 Å². The monoisotopic (exact) mass is 223 g/mol. The van der Waals surface area contributed by atoms with Gasteiger partial charge in [-0.1, -0.05) is 12.1 Å². The van der Waals surface area contributed by atoms with Crippen LogP contribution < -0.4 is 5.32 Å². The Hall–Kier alpha value is -1.39. The van der Waals surface area contributed by atoms with Crippen LogP contribution in [0.1, 0.15) is 22.8 Å². The molecule has 0 saturated carbocycles. The van der Waals surface area contributed by atoms with Crippen LogP contribution in [0.5, 0.6) is 0 Å². The maximum atomic E-state index is 11.6. The summed E-state index contributed by atoms with van der Waals surface area (Å²) in [6.07, 6.45) is -0.536. The number of ether oxygens (including phenoxy) is 1. The molecular weight excluding hydrogens is 206 g/mol. The molecule has 16 heavy (non-hydrogen) atoms. The van der Waals surface area contributed by atoms with E-state index >= 15 is 0 Å². The van der Waals surface area contributed by atoms with E-state index in [-0.39, 0.29) is 12.5 Å². The number of carbonyl (C=O) groups is 1. The SMILES string of the molecule is COCc1cccc(C(=O)NC[C@@H](C)O)c1. The molecule has 0 aromatic heterocycles. The molecule has 0 unspecified atom stereocenters. The van der Waals surface area contributed by atoms with Crippen LogP contribution >= 0.6 is 0 Å². The van der Waals surface area contributed by atoms with Crippen molar-refractivity contribution < 1.29 is 14.6 Å². The molecule has 0 aliphatic heterocycles. The van der Waals surface area contributed by atoms with Crippen molar-refractivity contribution in [3.05, 3.63) is 35.4 Å². The van der Waals surface area contributed by atoms with Crippen LogP contribution in [0, 0.1) is 0 Å². The number of carbonyl (C=O) groups excluding carboxylic acids is 1. The number of benzene rings is 1. The Morgan fingerprint density at radius 2 is 2.31 bits per heavy atom. The summed E-state index contributed by atoms with van der Waals surface area (Å²) in [5.41, 5.74) is 1.53. The number of aliphatic hydroxyl groups excluding tert-OH is 1. The van der Waals surface area contributed by atoms with Gasteiger partial charge in [0.2, 0.25) is 0 Å². The second-order valence-electron chi connectivity index (χ2n) is 3.69. The Bertz CT molecular complexity index is 350. The molecule has 0 aliphatic carbocycles. The van der Waals surface area contributed by atoms with E-state index in [9.17, 15) is 4.79 Å². The topological polar surface area (TPSA) is 58.6 Å². The molecule has 0 radical (unpaired) electrons. The van der Waals surface area contributed by atoms with Crippen molar-refractivity contribution in [1.29, 1.82) is 0 Å². The highest BCUT2D eigenvalue weighted by molar-refractivity contribution is 5.94. The van der Waals surface area contributed by atoms with Crippen LogP contribution in [0.3, 0.4) is 0 Å². The zero-order valence-corrected chi connectivity index (χ0v) is 9.56. The van der Waals surface area contributed by atoms with Crippen LogP contribution in [0.15, 0.2) is 24.3 Å². The van der Waals surface area contributed by atoms with Gasteiger partial charge in [0.1, 0.15) is 0 Å². The molecule has 2 N–H and O–H groups in total. The van der Waals surface area contributed by atoms with Gasteiger partial charge in [0.15, 0.2) is 0 Å². The number of nitrogens with one attached hydrogen (secondary N) is 1. The standard InChI is InChI=1S/C12H17NO3/c1-9(14)7-13-12(15)11-5-3-4-10(6-11)8-16-2/h3-6,9,14H,7-8H2,1-2H3,(H,13,15)/t9-/m1/s1. The van der Waals surface area contributed by atoms with Crippen molar-refractivity contribution in [2.45, 2.75) is 19.6 Å². The van der Waals surface area contributed by atoms with Crippen molar-refractivity contribution in [3.8, 4) is 0 Å². The van der Waals surface area contributed by atoms with Gasteiger partial charge in [0.05, 0.1) is 12.7 Å². The third-order valence-electron chi connectivity index (χ3n) is 2.06.